The molecule has 0 bridgehead atoms. The van der Waals surface area contributed by atoms with E-state index in [0.717, 1.165) is 43.6 Å². The number of carbonyl (C=O) groups is 1. The van der Waals surface area contributed by atoms with Crippen LogP contribution in [0.1, 0.15) is 73.2 Å². The fraction of sp³-hybridized carbons (Fsp3) is 0.448. The summed E-state index contributed by atoms with van der Waals surface area (Å²) in [5, 5.41) is 15.1. The standard InChI is InChI=1S/C29H36N4O4S/c1-6-32(7-2)24-13-11-21(33(35)36)15-19(24)17-31-28-26(27(34)30-18-22-9-8-14-37-22)23-12-10-20(29(3,4)5)16-25(23)38-28/h8-9,11,13-15,17,20H,6-7,10,12,16,18H2,1-5H3,(H,30,34)/t20-/m0/s1. The van der Waals surface area contributed by atoms with Gasteiger partial charge in [0.15, 0.2) is 0 Å². The number of hydrogen-bond donors (Lipinski definition) is 1. The summed E-state index contributed by atoms with van der Waals surface area (Å²) in [7, 11) is 0. The molecule has 0 saturated heterocycles. The fourth-order valence-corrected chi connectivity index (χ4v) is 6.31. The molecule has 38 heavy (non-hydrogen) atoms. The van der Waals surface area contributed by atoms with Gasteiger partial charge in [0, 0.05) is 47.6 Å². The number of aliphatic imine (C=N–C) groups is 1. The molecule has 4 rings (SSSR count). The zero-order valence-electron chi connectivity index (χ0n) is 22.7. The maximum Gasteiger partial charge on any atom is 0.270 e. The van der Waals surface area contributed by atoms with Crippen LogP contribution in [-0.4, -0.2) is 30.1 Å². The number of amides is 1. The number of rotatable bonds is 9. The number of nitrogens with zero attached hydrogens (tertiary/aromatic N) is 3. The van der Waals surface area contributed by atoms with Crippen LogP contribution in [0.4, 0.5) is 16.4 Å². The van der Waals surface area contributed by atoms with Gasteiger partial charge in [-0.05, 0) is 68.2 Å². The molecule has 3 aromatic rings. The van der Waals surface area contributed by atoms with Crippen LogP contribution < -0.4 is 10.2 Å². The minimum atomic E-state index is -0.395. The summed E-state index contributed by atoms with van der Waals surface area (Å²) in [6.07, 6.45) is 6.02. The van der Waals surface area contributed by atoms with E-state index in [-0.39, 0.29) is 17.0 Å². The average molecular weight is 537 g/mol. The molecule has 0 saturated carbocycles. The van der Waals surface area contributed by atoms with Crippen LogP contribution >= 0.6 is 11.3 Å². The summed E-state index contributed by atoms with van der Waals surface area (Å²) in [5.74, 6) is 1.03. The highest BCUT2D eigenvalue weighted by molar-refractivity contribution is 7.16. The van der Waals surface area contributed by atoms with E-state index in [1.807, 2.05) is 19.9 Å². The molecule has 0 radical (unpaired) electrons. The number of benzene rings is 1. The first-order chi connectivity index (χ1) is 18.1. The predicted octanol–water partition coefficient (Wildman–Crippen LogP) is 6.93. The number of nitrogens with one attached hydrogen (secondary N) is 1. The van der Waals surface area contributed by atoms with Crippen LogP contribution in [0.3, 0.4) is 0 Å². The van der Waals surface area contributed by atoms with E-state index in [9.17, 15) is 14.9 Å². The molecule has 8 nitrogen and oxygen atoms in total. The molecule has 1 amide bonds. The van der Waals surface area contributed by atoms with Crippen molar-refractivity contribution in [2.45, 2.75) is 60.4 Å². The lowest BCUT2D eigenvalue weighted by Gasteiger charge is -2.33. The normalized spacial score (nSPS) is 15.4. The quantitative estimate of drug-likeness (QED) is 0.182. The van der Waals surface area contributed by atoms with Crippen molar-refractivity contribution < 1.29 is 14.1 Å². The smallest absolute Gasteiger partial charge is 0.270 e. The van der Waals surface area contributed by atoms with Crippen LogP contribution in [0, 0.1) is 21.4 Å². The van der Waals surface area contributed by atoms with E-state index in [1.54, 1.807) is 42.0 Å². The van der Waals surface area contributed by atoms with Crippen molar-refractivity contribution in [3.05, 3.63) is 74.0 Å². The Kier molecular flexibility index (Phi) is 8.35. The second-order valence-electron chi connectivity index (χ2n) is 10.7. The Bertz CT molecular complexity index is 1320. The monoisotopic (exact) mass is 536 g/mol. The summed E-state index contributed by atoms with van der Waals surface area (Å²) in [6, 6.07) is 8.47. The van der Waals surface area contributed by atoms with Gasteiger partial charge in [0.25, 0.3) is 11.6 Å². The summed E-state index contributed by atoms with van der Waals surface area (Å²) in [6.45, 7) is 12.7. The van der Waals surface area contributed by atoms with Crippen molar-refractivity contribution in [2.75, 3.05) is 18.0 Å². The number of anilines is 1. The third-order valence-electron chi connectivity index (χ3n) is 7.35. The van der Waals surface area contributed by atoms with Gasteiger partial charge in [-0.25, -0.2) is 4.99 Å². The van der Waals surface area contributed by atoms with Gasteiger partial charge >= 0.3 is 0 Å². The number of fused-ring (bicyclic) bond motifs is 1. The molecule has 0 fully saturated rings. The van der Waals surface area contributed by atoms with Crippen LogP contribution in [0.25, 0.3) is 0 Å². The van der Waals surface area contributed by atoms with Crippen LogP contribution in [0.5, 0.6) is 0 Å². The number of furan rings is 1. The maximum atomic E-state index is 13.5. The third-order valence-corrected chi connectivity index (χ3v) is 8.51. The molecule has 1 aliphatic rings. The van der Waals surface area contributed by atoms with Gasteiger partial charge in [-0.2, -0.15) is 0 Å². The van der Waals surface area contributed by atoms with Crippen LogP contribution in [-0.2, 0) is 19.4 Å². The molecule has 2 heterocycles. The van der Waals surface area contributed by atoms with Gasteiger partial charge in [-0.15, -0.1) is 11.3 Å². The lowest BCUT2D eigenvalue weighted by Crippen LogP contribution is -2.28. The lowest BCUT2D eigenvalue weighted by molar-refractivity contribution is -0.384. The van der Waals surface area contributed by atoms with E-state index in [0.29, 0.717) is 34.4 Å². The average Bonchev–Trinajstić information content (AvgIpc) is 3.54. The molecule has 1 N–H and O–H groups in total. The van der Waals surface area contributed by atoms with Crippen molar-refractivity contribution in [2.24, 2.45) is 16.3 Å². The molecule has 0 spiro atoms. The Morgan fingerprint density at radius 1 is 1.29 bits per heavy atom. The molecule has 9 heteroatoms. The molecule has 2 aromatic heterocycles. The molecule has 1 aromatic carbocycles. The van der Waals surface area contributed by atoms with Crippen molar-refractivity contribution >= 4 is 39.8 Å². The van der Waals surface area contributed by atoms with Gasteiger partial charge < -0.3 is 14.6 Å². The first-order valence-electron chi connectivity index (χ1n) is 13.1. The topological polar surface area (TPSA) is 101 Å². The third kappa shape index (κ3) is 5.99. The van der Waals surface area contributed by atoms with E-state index in [1.165, 1.54) is 10.9 Å². The Morgan fingerprint density at radius 2 is 2.05 bits per heavy atom. The highest BCUT2D eigenvalue weighted by atomic mass is 32.1. The van der Waals surface area contributed by atoms with E-state index >= 15 is 0 Å². The van der Waals surface area contributed by atoms with Gasteiger partial charge in [0.1, 0.15) is 10.8 Å². The van der Waals surface area contributed by atoms with E-state index in [4.69, 9.17) is 9.41 Å². The molecule has 202 valence electrons. The van der Waals surface area contributed by atoms with Crippen molar-refractivity contribution in [3.8, 4) is 0 Å². The first-order valence-corrected chi connectivity index (χ1v) is 14.0. The number of hydrogen-bond acceptors (Lipinski definition) is 7. The maximum absolute atomic E-state index is 13.5. The number of non-ortho nitro benzene ring substituents is 1. The minimum absolute atomic E-state index is 0.0114. The second kappa shape index (κ2) is 11.5. The predicted molar refractivity (Wildman–Crippen MR) is 153 cm³/mol. The Hall–Kier alpha value is -3.46. The zero-order valence-corrected chi connectivity index (χ0v) is 23.6. The number of thiophene rings is 1. The number of carbonyl (C=O) groups excluding carboxylic acids is 1. The molecule has 1 atom stereocenters. The van der Waals surface area contributed by atoms with Crippen molar-refractivity contribution in [1.29, 1.82) is 0 Å². The van der Waals surface area contributed by atoms with Crippen LogP contribution in [0.15, 0.2) is 46.0 Å². The first kappa shape index (κ1) is 27.6. The van der Waals surface area contributed by atoms with E-state index in [2.05, 4.69) is 31.0 Å². The summed E-state index contributed by atoms with van der Waals surface area (Å²) in [5.41, 5.74) is 3.40. The molecule has 1 aliphatic carbocycles. The lowest BCUT2D eigenvalue weighted by atomic mass is 9.72. The van der Waals surface area contributed by atoms with Gasteiger partial charge in [-0.1, -0.05) is 20.8 Å². The zero-order chi connectivity index (χ0) is 27.4. The number of nitro benzene ring substituents is 1. The molecular formula is C29H36N4O4S. The van der Waals surface area contributed by atoms with Gasteiger partial charge in [-0.3, -0.25) is 14.9 Å². The van der Waals surface area contributed by atoms with E-state index < -0.39 is 4.92 Å². The molecule has 0 aliphatic heterocycles. The Morgan fingerprint density at radius 3 is 2.68 bits per heavy atom. The van der Waals surface area contributed by atoms with Crippen molar-refractivity contribution in [1.82, 2.24) is 5.32 Å². The Balaban J connectivity index is 1.74. The van der Waals surface area contributed by atoms with Crippen molar-refractivity contribution in [3.63, 3.8) is 0 Å². The SMILES string of the molecule is CCN(CC)c1ccc([N+](=O)[O-])cc1C=Nc1sc2c(c1C(=O)NCc1ccco1)CC[C@H](C(C)(C)C)C2. The molecule has 0 unspecified atom stereocenters. The second-order valence-corrected chi connectivity index (χ2v) is 11.8. The highest BCUT2D eigenvalue weighted by Gasteiger charge is 2.33. The largest absolute Gasteiger partial charge is 0.467 e. The summed E-state index contributed by atoms with van der Waals surface area (Å²) in [4.78, 5) is 32.7. The van der Waals surface area contributed by atoms with Gasteiger partial charge in [0.05, 0.1) is 23.3 Å². The van der Waals surface area contributed by atoms with Gasteiger partial charge in [0.2, 0.25) is 0 Å². The summed E-state index contributed by atoms with van der Waals surface area (Å²) >= 11 is 1.56. The van der Waals surface area contributed by atoms with Crippen LogP contribution in [0.2, 0.25) is 0 Å². The Labute approximate surface area is 227 Å². The minimum Gasteiger partial charge on any atom is -0.467 e. The number of nitro groups is 1. The highest BCUT2D eigenvalue weighted by Crippen LogP contribution is 2.45. The molecular weight excluding hydrogens is 500 g/mol. The summed E-state index contributed by atoms with van der Waals surface area (Å²) < 4.78 is 5.39. The fourth-order valence-electron chi connectivity index (χ4n) is 5.04.